The lowest BCUT2D eigenvalue weighted by Crippen LogP contribution is -2.37. The number of carbonyl (C=O) groups excluding carboxylic acids is 1. The maximum atomic E-state index is 11.1. The Kier molecular flexibility index (Phi) is 5.53. The largest absolute Gasteiger partial charge is 0.461 e. The molecule has 0 aliphatic rings. The molecule has 15 heavy (non-hydrogen) atoms. The second-order valence-electron chi connectivity index (χ2n) is 3.30. The first-order chi connectivity index (χ1) is 6.78. The van der Waals surface area contributed by atoms with Crippen LogP contribution in [0.5, 0.6) is 0 Å². The van der Waals surface area contributed by atoms with Crippen molar-refractivity contribution >= 4 is 16.0 Å². The predicted molar refractivity (Wildman–Crippen MR) is 57.8 cm³/mol. The van der Waals surface area contributed by atoms with Crippen molar-refractivity contribution in [1.82, 2.24) is 4.72 Å². The van der Waals surface area contributed by atoms with Gasteiger partial charge in [-0.3, -0.25) is 0 Å². The van der Waals surface area contributed by atoms with E-state index in [-0.39, 0.29) is 12.4 Å². The zero-order chi connectivity index (χ0) is 12.1. The lowest BCUT2D eigenvalue weighted by molar-refractivity contribution is -0.139. The summed E-state index contributed by atoms with van der Waals surface area (Å²) in [5.74, 6) is -0.510. The van der Waals surface area contributed by atoms with Gasteiger partial charge in [-0.1, -0.05) is 6.58 Å². The molecule has 0 rings (SSSR count). The number of hydrogen-bond donors (Lipinski definition) is 1. The van der Waals surface area contributed by atoms with Gasteiger partial charge in [0, 0.05) is 5.57 Å². The van der Waals surface area contributed by atoms with Crippen molar-refractivity contribution < 1.29 is 17.9 Å². The van der Waals surface area contributed by atoms with E-state index in [0.717, 1.165) is 0 Å². The van der Waals surface area contributed by atoms with Crippen LogP contribution in [0.4, 0.5) is 0 Å². The molecule has 1 atom stereocenters. The molecule has 0 saturated heterocycles. The van der Waals surface area contributed by atoms with Crippen LogP contribution in [-0.4, -0.2) is 32.8 Å². The summed E-state index contributed by atoms with van der Waals surface area (Å²) in [4.78, 5) is 11.0. The van der Waals surface area contributed by atoms with Gasteiger partial charge in [0.15, 0.2) is 0 Å². The molecule has 1 unspecified atom stereocenters. The lowest BCUT2D eigenvalue weighted by atomic mass is 10.3. The molecule has 88 valence electrons. The minimum atomic E-state index is -3.25. The van der Waals surface area contributed by atoms with Gasteiger partial charge in [0.25, 0.3) is 0 Å². The highest BCUT2D eigenvalue weighted by Gasteiger charge is 2.13. The number of rotatable bonds is 6. The van der Waals surface area contributed by atoms with E-state index in [4.69, 9.17) is 4.74 Å². The summed E-state index contributed by atoms with van der Waals surface area (Å²) >= 11 is 0. The summed E-state index contributed by atoms with van der Waals surface area (Å²) in [6.07, 6.45) is 0. The molecule has 0 aromatic rings. The highest BCUT2D eigenvalue weighted by molar-refractivity contribution is 7.89. The third-order valence-electron chi connectivity index (χ3n) is 1.57. The highest BCUT2D eigenvalue weighted by Crippen LogP contribution is 1.95. The van der Waals surface area contributed by atoms with Gasteiger partial charge >= 0.3 is 5.97 Å². The molecule has 1 N–H and O–H groups in total. The van der Waals surface area contributed by atoms with E-state index in [1.165, 1.54) is 13.8 Å². The quantitative estimate of drug-likeness (QED) is 0.535. The highest BCUT2D eigenvalue weighted by atomic mass is 32.2. The Morgan fingerprint density at radius 3 is 2.47 bits per heavy atom. The fraction of sp³-hybridized carbons (Fsp3) is 0.667. The fourth-order valence-electron chi connectivity index (χ4n) is 0.748. The summed E-state index contributed by atoms with van der Waals surface area (Å²) in [6, 6.07) is -0.432. The monoisotopic (exact) mass is 235 g/mol. The SMILES string of the molecule is C=C(C)C(=O)OCC(C)NS(=O)(=O)CC. The number of sulfonamides is 1. The molecule has 0 aromatic carbocycles. The normalized spacial score (nSPS) is 13.3. The third-order valence-corrected chi connectivity index (χ3v) is 3.10. The molecule has 0 saturated carbocycles. The molecular formula is C9H17NO4S. The van der Waals surface area contributed by atoms with Crippen LogP contribution in [-0.2, 0) is 19.6 Å². The van der Waals surface area contributed by atoms with E-state index >= 15 is 0 Å². The van der Waals surface area contributed by atoms with Gasteiger partial charge in [0.2, 0.25) is 10.0 Å². The van der Waals surface area contributed by atoms with E-state index in [0.29, 0.717) is 5.57 Å². The number of ether oxygens (including phenoxy) is 1. The summed E-state index contributed by atoms with van der Waals surface area (Å²) in [5.41, 5.74) is 0.292. The fourth-order valence-corrected chi connectivity index (χ4v) is 1.60. The number of nitrogens with one attached hydrogen (secondary N) is 1. The van der Waals surface area contributed by atoms with Crippen molar-refractivity contribution in [3.05, 3.63) is 12.2 Å². The van der Waals surface area contributed by atoms with Crippen LogP contribution < -0.4 is 4.72 Å². The van der Waals surface area contributed by atoms with Gasteiger partial charge in [0.1, 0.15) is 6.61 Å². The predicted octanol–water partition coefficient (Wildman–Crippen LogP) is 0.434. The zero-order valence-corrected chi connectivity index (χ0v) is 10.1. The number of carbonyl (C=O) groups is 1. The minimum Gasteiger partial charge on any atom is -0.461 e. The van der Waals surface area contributed by atoms with E-state index in [2.05, 4.69) is 11.3 Å². The molecule has 0 bridgehead atoms. The van der Waals surface area contributed by atoms with Crippen molar-refractivity contribution in [3.8, 4) is 0 Å². The maximum Gasteiger partial charge on any atom is 0.333 e. The van der Waals surface area contributed by atoms with Crippen LogP contribution >= 0.6 is 0 Å². The number of esters is 1. The van der Waals surface area contributed by atoms with E-state index < -0.39 is 22.0 Å². The molecular weight excluding hydrogens is 218 g/mol. The molecule has 0 aromatic heterocycles. The Balaban J connectivity index is 4.01. The van der Waals surface area contributed by atoms with Crippen molar-refractivity contribution in [2.24, 2.45) is 0 Å². The summed E-state index contributed by atoms with van der Waals surface area (Å²) in [6.45, 7) is 8.11. The summed E-state index contributed by atoms with van der Waals surface area (Å²) in [5, 5.41) is 0. The Hall–Kier alpha value is -0.880. The van der Waals surface area contributed by atoms with Crippen LogP contribution in [0.3, 0.4) is 0 Å². The summed E-state index contributed by atoms with van der Waals surface area (Å²) in [7, 11) is -3.25. The van der Waals surface area contributed by atoms with Gasteiger partial charge in [-0.25, -0.2) is 17.9 Å². The molecule has 0 amide bonds. The van der Waals surface area contributed by atoms with Gasteiger partial charge in [0.05, 0.1) is 11.8 Å². The van der Waals surface area contributed by atoms with Gasteiger partial charge in [-0.2, -0.15) is 0 Å². The molecule has 0 heterocycles. The van der Waals surface area contributed by atoms with Crippen molar-refractivity contribution in [2.75, 3.05) is 12.4 Å². The average molecular weight is 235 g/mol. The molecule has 0 radical (unpaired) electrons. The molecule has 0 spiro atoms. The first kappa shape index (κ1) is 14.1. The third kappa shape index (κ3) is 6.24. The smallest absolute Gasteiger partial charge is 0.333 e. The second kappa shape index (κ2) is 5.87. The molecule has 0 aliphatic carbocycles. The molecule has 5 nitrogen and oxygen atoms in total. The standard InChI is InChI=1S/C9H17NO4S/c1-5-15(12,13)10-8(4)6-14-9(11)7(2)3/h8,10H,2,5-6H2,1,3-4H3. The van der Waals surface area contributed by atoms with Crippen LogP contribution in [0.25, 0.3) is 0 Å². The minimum absolute atomic E-state index is 0.00488. The van der Waals surface area contributed by atoms with Crippen LogP contribution in [0, 0.1) is 0 Å². The van der Waals surface area contributed by atoms with E-state index in [1.807, 2.05) is 0 Å². The first-order valence-corrected chi connectivity index (χ1v) is 6.26. The Bertz CT molecular complexity index is 334. The zero-order valence-electron chi connectivity index (χ0n) is 9.24. The van der Waals surface area contributed by atoms with Crippen LogP contribution in [0.15, 0.2) is 12.2 Å². The van der Waals surface area contributed by atoms with Crippen LogP contribution in [0.1, 0.15) is 20.8 Å². The van der Waals surface area contributed by atoms with Gasteiger partial charge in [-0.15, -0.1) is 0 Å². The topological polar surface area (TPSA) is 72.5 Å². The Morgan fingerprint density at radius 1 is 1.53 bits per heavy atom. The molecule has 0 aliphatic heterocycles. The van der Waals surface area contributed by atoms with Crippen molar-refractivity contribution in [3.63, 3.8) is 0 Å². The second-order valence-corrected chi connectivity index (χ2v) is 5.34. The molecule has 0 fully saturated rings. The Morgan fingerprint density at radius 2 is 2.07 bits per heavy atom. The first-order valence-electron chi connectivity index (χ1n) is 4.61. The van der Waals surface area contributed by atoms with Crippen molar-refractivity contribution in [2.45, 2.75) is 26.8 Å². The maximum absolute atomic E-state index is 11.1. The number of hydrogen-bond acceptors (Lipinski definition) is 4. The van der Waals surface area contributed by atoms with E-state index in [9.17, 15) is 13.2 Å². The molecule has 6 heteroatoms. The van der Waals surface area contributed by atoms with E-state index in [1.54, 1.807) is 6.92 Å². The average Bonchev–Trinajstić information content (AvgIpc) is 2.13. The lowest BCUT2D eigenvalue weighted by Gasteiger charge is -2.13. The van der Waals surface area contributed by atoms with Gasteiger partial charge < -0.3 is 4.74 Å². The summed E-state index contributed by atoms with van der Waals surface area (Å²) < 4.78 is 29.4. The van der Waals surface area contributed by atoms with Gasteiger partial charge in [-0.05, 0) is 20.8 Å². The van der Waals surface area contributed by atoms with Crippen molar-refractivity contribution in [1.29, 1.82) is 0 Å². The van der Waals surface area contributed by atoms with Crippen LogP contribution in [0.2, 0.25) is 0 Å². The Labute approximate surface area is 90.6 Å².